The number of aromatic nitrogens is 3. The summed E-state index contributed by atoms with van der Waals surface area (Å²) in [6.45, 7) is 1.27. The average molecular weight is 561 g/mol. The highest BCUT2D eigenvalue weighted by Crippen LogP contribution is 2.47. The van der Waals surface area contributed by atoms with Crippen LogP contribution in [0, 0.1) is 12.7 Å². The van der Waals surface area contributed by atoms with E-state index in [1.807, 2.05) is 5.32 Å². The third-order valence-electron chi connectivity index (χ3n) is 6.58. The molecule has 0 radical (unpaired) electrons. The number of amides is 2. The number of carbonyl (C=O) groups excluding carboxylic acids is 2. The second-order valence-electron chi connectivity index (χ2n) is 9.37. The zero-order valence-electron chi connectivity index (χ0n) is 21.2. The molecule has 1 aliphatic heterocycles. The number of hydrogen-bond donors (Lipinski definition) is 4. The molecular weight excluding hydrogens is 536 g/mol. The first-order chi connectivity index (χ1) is 18.7. The maximum Gasteiger partial charge on any atom is 0.424 e. The van der Waals surface area contributed by atoms with Crippen LogP contribution in [0.5, 0.6) is 5.75 Å². The molecule has 0 saturated carbocycles. The normalized spacial score (nSPS) is 18.4. The highest BCUT2D eigenvalue weighted by atomic mass is 19.4. The number of rotatable bonds is 7. The Balaban J connectivity index is 1.82. The minimum atomic E-state index is -5.38. The van der Waals surface area contributed by atoms with Crippen LogP contribution in [0.2, 0.25) is 0 Å². The molecule has 4 rings (SSSR count). The van der Waals surface area contributed by atoms with Crippen LogP contribution in [0.15, 0.2) is 48.8 Å². The zero-order chi connectivity index (χ0) is 29.5. The topological polar surface area (TPSA) is 166 Å². The lowest BCUT2D eigenvalue weighted by Gasteiger charge is -2.31. The van der Waals surface area contributed by atoms with E-state index in [1.54, 1.807) is 13.0 Å². The fourth-order valence-electron chi connectivity index (χ4n) is 4.07. The highest BCUT2D eigenvalue weighted by Gasteiger charge is 2.57. The van der Waals surface area contributed by atoms with Gasteiger partial charge in [-0.3, -0.25) is 9.59 Å². The number of carbonyl (C=O) groups is 2. The molecular formula is C26H24F4N6O4. The lowest BCUT2D eigenvalue weighted by atomic mass is 9.81. The van der Waals surface area contributed by atoms with E-state index in [4.69, 9.17) is 16.2 Å². The number of aryl methyl sites for hydroxylation is 1. The van der Waals surface area contributed by atoms with Crippen molar-refractivity contribution in [1.82, 2.24) is 20.3 Å². The Bertz CT molecular complexity index is 1510. The first kappa shape index (κ1) is 28.4. The van der Waals surface area contributed by atoms with Gasteiger partial charge < -0.3 is 26.6 Å². The molecule has 0 spiro atoms. The van der Waals surface area contributed by atoms with Crippen molar-refractivity contribution in [2.24, 2.45) is 11.5 Å². The van der Waals surface area contributed by atoms with Crippen LogP contribution in [0.3, 0.4) is 0 Å². The van der Waals surface area contributed by atoms with Gasteiger partial charge in [0.2, 0.25) is 11.5 Å². The van der Waals surface area contributed by atoms with Crippen molar-refractivity contribution in [2.45, 2.75) is 31.0 Å². The molecule has 1 aromatic carbocycles. The van der Waals surface area contributed by atoms with Crippen molar-refractivity contribution < 1.29 is 37.0 Å². The van der Waals surface area contributed by atoms with E-state index in [1.165, 1.54) is 25.3 Å². The Labute approximate surface area is 225 Å². The molecule has 6 N–H and O–H groups in total. The van der Waals surface area contributed by atoms with Gasteiger partial charge in [-0.15, -0.1) is 0 Å². The minimum absolute atomic E-state index is 0.0461. The number of aliphatic hydroxyl groups is 1. The largest absolute Gasteiger partial charge is 0.489 e. The maximum absolute atomic E-state index is 14.5. The van der Waals surface area contributed by atoms with E-state index in [0.717, 1.165) is 24.4 Å². The van der Waals surface area contributed by atoms with Crippen LogP contribution < -0.4 is 21.5 Å². The second-order valence-corrected chi connectivity index (χ2v) is 9.37. The van der Waals surface area contributed by atoms with Gasteiger partial charge in [0.15, 0.2) is 5.82 Å². The number of alkyl halides is 3. The standard InChI is InChI=1S/C26H24F4N6O4/c1-13-7-8-33-21(35-13)16(10-31)22(37)34-11-25(39,26(28,29)30)18-9-17-20(40-12-24(17,2)23(32)38)19(36-18)14-3-5-15(27)6-4-14/h3-10,39H,11-12,31H2,1-2H3,(H2,32,38)(H,34,37)/t24-,25-/m0/s1. The van der Waals surface area contributed by atoms with E-state index in [-0.39, 0.29) is 40.6 Å². The molecule has 3 heterocycles. The van der Waals surface area contributed by atoms with Crippen molar-refractivity contribution >= 4 is 17.4 Å². The number of pyridine rings is 1. The van der Waals surface area contributed by atoms with Crippen LogP contribution in [-0.2, 0) is 20.6 Å². The van der Waals surface area contributed by atoms with Crippen LogP contribution in [-0.4, -0.2) is 51.2 Å². The summed E-state index contributed by atoms with van der Waals surface area (Å²) >= 11 is 0. The molecule has 1 aliphatic rings. The van der Waals surface area contributed by atoms with Gasteiger partial charge >= 0.3 is 6.18 Å². The summed E-state index contributed by atoms with van der Waals surface area (Å²) in [6.07, 6.45) is -3.22. The van der Waals surface area contributed by atoms with Gasteiger partial charge in [0.25, 0.3) is 5.91 Å². The van der Waals surface area contributed by atoms with Crippen LogP contribution >= 0.6 is 0 Å². The summed E-state index contributed by atoms with van der Waals surface area (Å²) in [5.41, 5.74) is 4.81. The lowest BCUT2D eigenvalue weighted by molar-refractivity contribution is -0.265. The van der Waals surface area contributed by atoms with E-state index < -0.39 is 47.1 Å². The van der Waals surface area contributed by atoms with Gasteiger partial charge in [0.1, 0.15) is 29.3 Å². The maximum atomic E-state index is 14.5. The molecule has 2 aromatic heterocycles. The Hall–Kier alpha value is -4.59. The van der Waals surface area contributed by atoms with Crippen LogP contribution in [0.25, 0.3) is 16.8 Å². The Kier molecular flexibility index (Phi) is 7.24. The summed E-state index contributed by atoms with van der Waals surface area (Å²) < 4.78 is 62.7. The summed E-state index contributed by atoms with van der Waals surface area (Å²) in [4.78, 5) is 37.1. The lowest BCUT2D eigenvalue weighted by Crippen LogP contribution is -2.52. The molecule has 0 unspecified atom stereocenters. The number of nitrogens with one attached hydrogen (secondary N) is 1. The zero-order valence-corrected chi connectivity index (χ0v) is 21.2. The predicted molar refractivity (Wildman–Crippen MR) is 134 cm³/mol. The van der Waals surface area contributed by atoms with Crippen molar-refractivity contribution in [3.8, 4) is 17.0 Å². The van der Waals surface area contributed by atoms with E-state index >= 15 is 0 Å². The molecule has 3 aromatic rings. The molecule has 14 heteroatoms. The number of halogens is 4. The van der Waals surface area contributed by atoms with E-state index in [0.29, 0.717) is 5.69 Å². The van der Waals surface area contributed by atoms with Gasteiger partial charge in [-0.25, -0.2) is 19.3 Å². The fraction of sp³-hybridized carbons (Fsp3) is 0.269. The number of ether oxygens (including phenoxy) is 1. The average Bonchev–Trinajstić information content (AvgIpc) is 3.25. The third kappa shape index (κ3) is 4.93. The highest BCUT2D eigenvalue weighted by molar-refractivity contribution is 6.18. The smallest absolute Gasteiger partial charge is 0.424 e. The van der Waals surface area contributed by atoms with Gasteiger partial charge in [0.05, 0.1) is 17.8 Å². The summed E-state index contributed by atoms with van der Waals surface area (Å²) in [5, 5.41) is 13.1. The van der Waals surface area contributed by atoms with E-state index in [2.05, 4.69) is 15.0 Å². The van der Waals surface area contributed by atoms with Crippen molar-refractivity contribution in [3.05, 3.63) is 77.4 Å². The molecule has 2 atom stereocenters. The molecule has 0 bridgehead atoms. The number of benzene rings is 1. The number of hydrogen-bond acceptors (Lipinski definition) is 8. The monoisotopic (exact) mass is 560 g/mol. The minimum Gasteiger partial charge on any atom is -0.489 e. The molecule has 2 amide bonds. The number of primary amides is 1. The number of fused-ring (bicyclic) bond motifs is 1. The van der Waals surface area contributed by atoms with Crippen molar-refractivity contribution in [2.75, 3.05) is 13.2 Å². The Morgan fingerprint density at radius 1 is 1.20 bits per heavy atom. The Morgan fingerprint density at radius 3 is 2.45 bits per heavy atom. The molecule has 0 fully saturated rings. The van der Waals surface area contributed by atoms with E-state index in [9.17, 15) is 32.3 Å². The van der Waals surface area contributed by atoms with Gasteiger partial charge in [-0.05, 0) is 50.2 Å². The summed E-state index contributed by atoms with van der Waals surface area (Å²) in [5.74, 6) is -2.79. The summed E-state index contributed by atoms with van der Waals surface area (Å²) in [6, 6.07) is 7.02. The van der Waals surface area contributed by atoms with Gasteiger partial charge in [-0.2, -0.15) is 13.2 Å². The summed E-state index contributed by atoms with van der Waals surface area (Å²) in [7, 11) is 0. The van der Waals surface area contributed by atoms with Gasteiger partial charge in [0, 0.05) is 29.2 Å². The first-order valence-electron chi connectivity index (χ1n) is 11.7. The van der Waals surface area contributed by atoms with Crippen LogP contribution in [0.1, 0.15) is 29.7 Å². The second kappa shape index (κ2) is 10.2. The number of nitrogens with zero attached hydrogens (tertiary/aromatic N) is 3. The molecule has 0 aliphatic carbocycles. The van der Waals surface area contributed by atoms with Crippen LogP contribution in [0.4, 0.5) is 17.6 Å². The number of nitrogens with two attached hydrogens (primary N) is 2. The SMILES string of the molecule is Cc1ccnc(C(=CN)C(=O)NC[C@](O)(c2cc3c(c(-c4ccc(F)cc4)n2)OC[C@]3(C)C(N)=O)C(F)(F)F)n1. The third-order valence-corrected chi connectivity index (χ3v) is 6.58. The molecule has 210 valence electrons. The molecule has 10 nitrogen and oxygen atoms in total. The first-order valence-corrected chi connectivity index (χ1v) is 11.7. The van der Waals surface area contributed by atoms with Gasteiger partial charge in [-0.1, -0.05) is 0 Å². The van der Waals surface area contributed by atoms with Crippen molar-refractivity contribution in [1.29, 1.82) is 0 Å². The quantitative estimate of drug-likeness (QED) is 0.252. The molecule has 0 saturated heterocycles. The molecule has 40 heavy (non-hydrogen) atoms. The Morgan fingerprint density at radius 2 is 1.88 bits per heavy atom. The fourth-order valence-corrected chi connectivity index (χ4v) is 4.07. The predicted octanol–water partition coefficient (Wildman–Crippen LogP) is 1.99. The van der Waals surface area contributed by atoms with Crippen molar-refractivity contribution in [3.63, 3.8) is 0 Å².